The fraction of sp³-hybridized carbons (Fsp3) is 0.821. The Morgan fingerprint density at radius 3 is 2.45 bits per heavy atom. The van der Waals surface area contributed by atoms with Crippen molar-refractivity contribution in [2.24, 2.45) is 34.5 Å². The van der Waals surface area contributed by atoms with Crippen LogP contribution in [0, 0.1) is 34.5 Å². The van der Waals surface area contributed by atoms with Gasteiger partial charge in [-0.25, -0.2) is 0 Å². The van der Waals surface area contributed by atoms with Gasteiger partial charge in [-0.3, -0.25) is 14.4 Å². The van der Waals surface area contributed by atoms with Crippen LogP contribution in [0.4, 0.5) is 0 Å². The Hall–Kier alpha value is -1.65. The van der Waals surface area contributed by atoms with Crippen LogP contribution in [0.1, 0.15) is 97.3 Å². The van der Waals surface area contributed by atoms with Gasteiger partial charge in [0, 0.05) is 18.3 Å². The first-order valence-corrected chi connectivity index (χ1v) is 13.4. The number of carbonyl (C=O) groups excluding carboxylic acids is 3. The largest absolute Gasteiger partial charge is 0.462 e. The first-order valence-electron chi connectivity index (χ1n) is 13.4. The highest BCUT2D eigenvalue weighted by Gasteiger charge is 2.69. The molecule has 6 aliphatic rings. The Labute approximate surface area is 197 Å². The van der Waals surface area contributed by atoms with Crippen LogP contribution >= 0.6 is 0 Å². The molecule has 0 aromatic carbocycles. The van der Waals surface area contributed by atoms with E-state index in [0.717, 1.165) is 64.2 Å². The van der Waals surface area contributed by atoms with Gasteiger partial charge in [-0.15, -0.1) is 0 Å². The van der Waals surface area contributed by atoms with Crippen LogP contribution in [0.5, 0.6) is 0 Å². The fourth-order valence-corrected chi connectivity index (χ4v) is 9.36. The maximum absolute atomic E-state index is 13.7. The summed E-state index contributed by atoms with van der Waals surface area (Å²) in [6.45, 7) is 4.70. The molecule has 4 saturated carbocycles. The first kappa shape index (κ1) is 21.9. The second-order valence-electron chi connectivity index (χ2n) is 12.5. The van der Waals surface area contributed by atoms with Crippen LogP contribution in [0.15, 0.2) is 11.6 Å². The molecule has 6 rings (SSSR count). The number of carbonyl (C=O) groups is 3. The number of esters is 2. The molecule has 1 heterocycles. The molecule has 180 valence electrons. The van der Waals surface area contributed by atoms with E-state index in [9.17, 15) is 14.4 Å². The third-order valence-electron chi connectivity index (χ3n) is 11.2. The van der Waals surface area contributed by atoms with Crippen molar-refractivity contribution in [2.45, 2.75) is 109 Å². The third kappa shape index (κ3) is 3.06. The summed E-state index contributed by atoms with van der Waals surface area (Å²) in [7, 11) is 0. The molecular weight excluding hydrogens is 416 g/mol. The van der Waals surface area contributed by atoms with Gasteiger partial charge in [0.2, 0.25) is 0 Å². The first-order chi connectivity index (χ1) is 15.8. The molecule has 1 aliphatic heterocycles. The van der Waals surface area contributed by atoms with E-state index >= 15 is 0 Å². The quantitative estimate of drug-likeness (QED) is 0.529. The van der Waals surface area contributed by atoms with Gasteiger partial charge in [0.25, 0.3) is 0 Å². The van der Waals surface area contributed by atoms with Crippen LogP contribution in [0.2, 0.25) is 0 Å². The molecule has 5 fully saturated rings. The van der Waals surface area contributed by atoms with Gasteiger partial charge >= 0.3 is 11.9 Å². The second kappa shape index (κ2) is 7.42. The van der Waals surface area contributed by atoms with E-state index in [1.54, 1.807) is 0 Å². The predicted molar refractivity (Wildman–Crippen MR) is 122 cm³/mol. The third-order valence-corrected chi connectivity index (χ3v) is 11.2. The zero-order valence-electron chi connectivity index (χ0n) is 20.2. The normalized spacial score (nSPS) is 47.0. The van der Waals surface area contributed by atoms with Gasteiger partial charge in [-0.05, 0) is 99.9 Å². The van der Waals surface area contributed by atoms with Gasteiger partial charge in [0.15, 0.2) is 5.78 Å². The fourth-order valence-electron chi connectivity index (χ4n) is 9.36. The highest BCUT2D eigenvalue weighted by molar-refractivity contribution is 5.92. The molecule has 5 heteroatoms. The molecule has 0 amide bonds. The topological polar surface area (TPSA) is 69.7 Å². The Kier molecular flexibility index (Phi) is 4.92. The number of fused-ring (bicyclic) bond motifs is 6. The molecule has 5 aliphatic carbocycles. The molecule has 0 unspecified atom stereocenters. The molecule has 5 nitrogen and oxygen atoms in total. The second-order valence-corrected chi connectivity index (χ2v) is 12.5. The Morgan fingerprint density at radius 2 is 1.73 bits per heavy atom. The van der Waals surface area contributed by atoms with Crippen molar-refractivity contribution in [3.8, 4) is 0 Å². The summed E-state index contributed by atoms with van der Waals surface area (Å²) in [5.41, 5.74) is 0.761. The Morgan fingerprint density at radius 1 is 0.970 bits per heavy atom. The summed E-state index contributed by atoms with van der Waals surface area (Å²) in [5, 5.41) is 0. The number of allylic oxidation sites excluding steroid dienone is 1. The average Bonchev–Trinajstić information content (AvgIpc) is 3.49. The van der Waals surface area contributed by atoms with Gasteiger partial charge in [-0.2, -0.15) is 0 Å². The maximum atomic E-state index is 13.7. The van der Waals surface area contributed by atoms with Crippen LogP contribution in [-0.2, 0) is 23.9 Å². The zero-order valence-corrected chi connectivity index (χ0v) is 20.2. The van der Waals surface area contributed by atoms with E-state index in [0.29, 0.717) is 31.1 Å². The monoisotopic (exact) mass is 454 g/mol. The minimum atomic E-state index is -0.348. The summed E-state index contributed by atoms with van der Waals surface area (Å²) < 4.78 is 12.2. The highest BCUT2D eigenvalue weighted by Crippen LogP contribution is 2.70. The zero-order chi connectivity index (χ0) is 23.0. The van der Waals surface area contributed by atoms with Crippen molar-refractivity contribution in [1.29, 1.82) is 0 Å². The summed E-state index contributed by atoms with van der Waals surface area (Å²) in [6, 6.07) is 0. The molecule has 1 spiro atoms. The Bertz CT molecular complexity index is 915. The van der Waals surface area contributed by atoms with Crippen molar-refractivity contribution < 1.29 is 23.9 Å². The summed E-state index contributed by atoms with van der Waals surface area (Å²) in [5.74, 6) is 0.928. The number of hydrogen-bond donors (Lipinski definition) is 0. The standard InChI is InChI=1S/C28H38O5/c1-26-11-7-18(29)15-17(26)16-20(25(31)32-19-5-3-4-6-19)24-21(26)8-12-27(2)22(24)9-13-28(27)14-10-23(30)33-28/h15,19-22,24H,3-14,16H2,1-2H3/t20-,21+,22+,24-,26+,27-,28-/m1/s1. The van der Waals surface area contributed by atoms with E-state index in [1.807, 2.05) is 6.08 Å². The SMILES string of the molecule is C[C@]12CCC(=O)C=C1C[C@@H](C(=O)OC1CCCC1)[C@@H]1[C@@H]2CC[C@]2(C)[C@H]1CC[C@@]21CCC(=O)O1. The Balaban J connectivity index is 1.38. The molecule has 1 saturated heterocycles. The van der Waals surface area contributed by atoms with Crippen molar-refractivity contribution in [3.63, 3.8) is 0 Å². The molecule has 0 aromatic heterocycles. The van der Waals surface area contributed by atoms with E-state index in [-0.39, 0.29) is 52.1 Å². The molecular formula is C28H38O5. The van der Waals surface area contributed by atoms with E-state index in [2.05, 4.69) is 13.8 Å². The molecule has 0 N–H and O–H groups in total. The van der Waals surface area contributed by atoms with Crippen molar-refractivity contribution in [1.82, 2.24) is 0 Å². The predicted octanol–water partition coefficient (Wildman–Crippen LogP) is 5.31. The van der Waals surface area contributed by atoms with Gasteiger partial charge in [0.05, 0.1) is 5.92 Å². The van der Waals surface area contributed by atoms with Crippen LogP contribution < -0.4 is 0 Å². The number of hydrogen-bond acceptors (Lipinski definition) is 5. The molecule has 0 radical (unpaired) electrons. The summed E-state index contributed by atoms with van der Waals surface area (Å²) in [4.78, 5) is 38.3. The number of ketones is 1. The van der Waals surface area contributed by atoms with Crippen LogP contribution in [0.3, 0.4) is 0 Å². The average molecular weight is 455 g/mol. The van der Waals surface area contributed by atoms with E-state index < -0.39 is 0 Å². The lowest BCUT2D eigenvalue weighted by Crippen LogP contribution is -2.58. The summed E-state index contributed by atoms with van der Waals surface area (Å²) in [6.07, 6.45) is 13.7. The molecule has 0 bridgehead atoms. The number of rotatable bonds is 2. The lowest BCUT2D eigenvalue weighted by Gasteiger charge is -2.60. The summed E-state index contributed by atoms with van der Waals surface area (Å²) >= 11 is 0. The lowest BCUT2D eigenvalue weighted by molar-refractivity contribution is -0.180. The van der Waals surface area contributed by atoms with Crippen LogP contribution in [-0.4, -0.2) is 29.4 Å². The van der Waals surface area contributed by atoms with Gasteiger partial charge in [0.1, 0.15) is 11.7 Å². The molecule has 0 aromatic rings. The maximum Gasteiger partial charge on any atom is 0.309 e. The van der Waals surface area contributed by atoms with E-state index in [4.69, 9.17) is 9.47 Å². The van der Waals surface area contributed by atoms with Crippen molar-refractivity contribution in [2.75, 3.05) is 0 Å². The van der Waals surface area contributed by atoms with E-state index in [1.165, 1.54) is 5.57 Å². The number of ether oxygens (including phenoxy) is 2. The lowest BCUT2D eigenvalue weighted by atomic mass is 9.44. The molecule has 33 heavy (non-hydrogen) atoms. The van der Waals surface area contributed by atoms with Crippen molar-refractivity contribution in [3.05, 3.63) is 11.6 Å². The van der Waals surface area contributed by atoms with Gasteiger partial charge in [-0.1, -0.05) is 19.4 Å². The van der Waals surface area contributed by atoms with Crippen molar-refractivity contribution >= 4 is 17.7 Å². The van der Waals surface area contributed by atoms with Crippen LogP contribution in [0.25, 0.3) is 0 Å². The van der Waals surface area contributed by atoms with Gasteiger partial charge < -0.3 is 9.47 Å². The smallest absolute Gasteiger partial charge is 0.309 e. The minimum absolute atomic E-state index is 0.00779. The highest BCUT2D eigenvalue weighted by atomic mass is 16.6. The minimum Gasteiger partial charge on any atom is -0.462 e. The molecule has 7 atom stereocenters.